The lowest BCUT2D eigenvalue weighted by Gasteiger charge is -2.24. The molecular weight excluding hydrogens is 324 g/mol. The molecule has 0 radical (unpaired) electrons. The van der Waals surface area contributed by atoms with Crippen molar-refractivity contribution in [2.45, 2.75) is 12.6 Å². The highest BCUT2D eigenvalue weighted by molar-refractivity contribution is 6.30. The van der Waals surface area contributed by atoms with Crippen molar-refractivity contribution in [3.8, 4) is 0 Å². The smallest absolute Gasteiger partial charge is 0.193 e. The van der Waals surface area contributed by atoms with Crippen molar-refractivity contribution >= 4 is 17.6 Å². The van der Waals surface area contributed by atoms with E-state index < -0.39 is 0 Å². The number of methoxy groups -OCH3 is 1. The molecule has 6 heteroatoms. The second-order valence-electron chi connectivity index (χ2n) is 5.67. The fraction of sp³-hybridized carbons (Fsp3) is 0.389. The molecule has 130 valence electrons. The van der Waals surface area contributed by atoms with Crippen molar-refractivity contribution in [1.82, 2.24) is 14.8 Å². The van der Waals surface area contributed by atoms with E-state index in [0.717, 1.165) is 18.1 Å². The summed E-state index contributed by atoms with van der Waals surface area (Å²) < 4.78 is 7.70. The van der Waals surface area contributed by atoms with Gasteiger partial charge in [0.1, 0.15) is 0 Å². The van der Waals surface area contributed by atoms with Crippen molar-refractivity contribution in [1.29, 1.82) is 0 Å². The minimum atomic E-state index is -0.0936. The number of nitrogens with zero attached hydrogens (tertiary/aromatic N) is 3. The number of aliphatic imine (C=N–C) groups is 1. The normalized spacial score (nSPS) is 13.0. The van der Waals surface area contributed by atoms with Crippen LogP contribution < -0.4 is 5.32 Å². The zero-order chi connectivity index (χ0) is 17.5. The average Bonchev–Trinajstić information content (AvgIpc) is 2.96. The minimum Gasteiger partial charge on any atom is -0.375 e. The summed E-state index contributed by atoms with van der Waals surface area (Å²) in [6, 6.07) is 11.9. The first kappa shape index (κ1) is 18.4. The van der Waals surface area contributed by atoms with E-state index in [0.29, 0.717) is 11.6 Å². The lowest BCUT2D eigenvalue weighted by molar-refractivity contribution is 0.106. The molecule has 0 amide bonds. The molecule has 5 nitrogen and oxygen atoms in total. The molecule has 0 aliphatic heterocycles. The van der Waals surface area contributed by atoms with Gasteiger partial charge in [-0.05, 0) is 29.8 Å². The molecule has 0 saturated heterocycles. The quantitative estimate of drug-likeness (QED) is 0.644. The van der Waals surface area contributed by atoms with Crippen LogP contribution in [0.15, 0.2) is 47.6 Å². The summed E-state index contributed by atoms with van der Waals surface area (Å²) in [6.07, 6.45) is 1.95. The summed E-state index contributed by atoms with van der Waals surface area (Å²) in [7, 11) is 7.54. The van der Waals surface area contributed by atoms with Crippen molar-refractivity contribution in [2.75, 3.05) is 27.7 Å². The van der Waals surface area contributed by atoms with E-state index in [2.05, 4.69) is 25.8 Å². The first-order valence-corrected chi connectivity index (χ1v) is 8.23. The Morgan fingerprint density at radius 2 is 2.17 bits per heavy atom. The molecule has 0 spiro atoms. The van der Waals surface area contributed by atoms with Crippen molar-refractivity contribution in [2.24, 2.45) is 12.0 Å². The third kappa shape index (κ3) is 4.76. The van der Waals surface area contributed by atoms with Crippen molar-refractivity contribution in [3.63, 3.8) is 0 Å². The van der Waals surface area contributed by atoms with Gasteiger partial charge in [0, 0.05) is 51.7 Å². The topological polar surface area (TPSA) is 41.8 Å². The highest BCUT2D eigenvalue weighted by Crippen LogP contribution is 2.19. The van der Waals surface area contributed by atoms with Gasteiger partial charge >= 0.3 is 0 Å². The Kier molecular flexibility index (Phi) is 6.70. The minimum absolute atomic E-state index is 0.0936. The van der Waals surface area contributed by atoms with Crippen LogP contribution in [0.4, 0.5) is 0 Å². The SMILES string of the molecule is CN=C(NCC(OC)c1cccc(Cl)c1)N(C)Cc1cccn1C. The monoisotopic (exact) mass is 348 g/mol. The molecule has 0 aliphatic rings. The van der Waals surface area contributed by atoms with Crippen LogP contribution in [-0.4, -0.2) is 43.2 Å². The zero-order valence-electron chi connectivity index (χ0n) is 14.7. The third-order valence-electron chi connectivity index (χ3n) is 3.97. The van der Waals surface area contributed by atoms with Gasteiger partial charge in [0.25, 0.3) is 0 Å². The van der Waals surface area contributed by atoms with E-state index in [4.69, 9.17) is 16.3 Å². The Labute approximate surface area is 148 Å². The molecule has 1 N–H and O–H groups in total. The number of ether oxygens (including phenoxy) is 1. The summed E-state index contributed by atoms with van der Waals surface area (Å²) in [6.45, 7) is 1.39. The molecule has 1 atom stereocenters. The Hall–Kier alpha value is -1.98. The summed E-state index contributed by atoms with van der Waals surface area (Å²) in [5.74, 6) is 0.820. The van der Waals surface area contributed by atoms with Gasteiger partial charge in [-0.2, -0.15) is 0 Å². The van der Waals surface area contributed by atoms with Gasteiger partial charge in [-0.25, -0.2) is 0 Å². The van der Waals surface area contributed by atoms with Gasteiger partial charge < -0.3 is 19.5 Å². The molecular formula is C18H25ClN4O. The zero-order valence-corrected chi connectivity index (χ0v) is 15.4. The Morgan fingerprint density at radius 1 is 1.38 bits per heavy atom. The first-order valence-electron chi connectivity index (χ1n) is 7.85. The molecule has 24 heavy (non-hydrogen) atoms. The van der Waals surface area contributed by atoms with Crippen molar-refractivity contribution < 1.29 is 4.74 Å². The average molecular weight is 349 g/mol. The molecule has 0 saturated carbocycles. The largest absolute Gasteiger partial charge is 0.375 e. The van der Waals surface area contributed by atoms with Gasteiger partial charge in [-0.15, -0.1) is 0 Å². The summed E-state index contributed by atoms with van der Waals surface area (Å²) >= 11 is 6.07. The molecule has 0 bridgehead atoms. The second kappa shape index (κ2) is 8.76. The summed E-state index contributed by atoms with van der Waals surface area (Å²) in [5.41, 5.74) is 2.26. The maximum Gasteiger partial charge on any atom is 0.193 e. The van der Waals surface area contributed by atoms with E-state index in [1.807, 2.05) is 50.6 Å². The van der Waals surface area contributed by atoms with Gasteiger partial charge in [0.05, 0.1) is 12.6 Å². The molecule has 0 aliphatic carbocycles. The number of aromatic nitrogens is 1. The number of aryl methyl sites for hydroxylation is 1. The van der Waals surface area contributed by atoms with E-state index >= 15 is 0 Å². The van der Waals surface area contributed by atoms with Crippen LogP contribution in [0, 0.1) is 0 Å². The Balaban J connectivity index is 1.98. The molecule has 0 fully saturated rings. The first-order chi connectivity index (χ1) is 11.5. The van der Waals surface area contributed by atoms with E-state index in [1.165, 1.54) is 5.69 Å². The number of halogens is 1. The van der Waals surface area contributed by atoms with Crippen LogP contribution in [-0.2, 0) is 18.3 Å². The van der Waals surface area contributed by atoms with Gasteiger partial charge in [0.15, 0.2) is 5.96 Å². The molecule has 1 aromatic heterocycles. The van der Waals surface area contributed by atoms with E-state index in [1.54, 1.807) is 14.2 Å². The van der Waals surface area contributed by atoms with E-state index in [-0.39, 0.29) is 6.10 Å². The Bertz CT molecular complexity index is 683. The van der Waals surface area contributed by atoms with Crippen LogP contribution in [0.3, 0.4) is 0 Å². The fourth-order valence-electron chi connectivity index (χ4n) is 2.59. The van der Waals surface area contributed by atoms with E-state index in [9.17, 15) is 0 Å². The standard InChI is InChI=1S/C18H25ClN4O/c1-20-18(23(3)13-16-9-6-10-22(16)2)21-12-17(24-4)14-7-5-8-15(19)11-14/h5-11,17H,12-13H2,1-4H3,(H,20,21). The maximum absolute atomic E-state index is 6.07. The predicted molar refractivity (Wildman–Crippen MR) is 99.4 cm³/mol. The molecule has 2 aromatic rings. The lowest BCUT2D eigenvalue weighted by atomic mass is 10.1. The molecule has 2 rings (SSSR count). The number of hydrogen-bond donors (Lipinski definition) is 1. The van der Waals surface area contributed by atoms with Crippen LogP contribution in [0.2, 0.25) is 5.02 Å². The highest BCUT2D eigenvalue weighted by atomic mass is 35.5. The fourth-order valence-corrected chi connectivity index (χ4v) is 2.79. The number of benzene rings is 1. The predicted octanol–water partition coefficient (Wildman–Crippen LogP) is 3.07. The van der Waals surface area contributed by atoms with Crippen LogP contribution in [0.1, 0.15) is 17.4 Å². The Morgan fingerprint density at radius 3 is 2.75 bits per heavy atom. The lowest BCUT2D eigenvalue weighted by Crippen LogP contribution is -2.40. The van der Waals surface area contributed by atoms with Crippen LogP contribution in [0.5, 0.6) is 0 Å². The van der Waals surface area contributed by atoms with Crippen LogP contribution in [0.25, 0.3) is 0 Å². The number of hydrogen-bond acceptors (Lipinski definition) is 2. The summed E-state index contributed by atoms with van der Waals surface area (Å²) in [4.78, 5) is 6.44. The summed E-state index contributed by atoms with van der Waals surface area (Å²) in [5, 5.41) is 4.08. The van der Waals surface area contributed by atoms with Gasteiger partial charge in [-0.3, -0.25) is 4.99 Å². The number of guanidine groups is 1. The van der Waals surface area contributed by atoms with Crippen LogP contribution >= 0.6 is 11.6 Å². The maximum atomic E-state index is 6.07. The number of nitrogens with one attached hydrogen (secondary N) is 1. The molecule has 1 aromatic carbocycles. The molecule has 1 unspecified atom stereocenters. The van der Waals surface area contributed by atoms with Gasteiger partial charge in [0.2, 0.25) is 0 Å². The van der Waals surface area contributed by atoms with Crippen molar-refractivity contribution in [3.05, 3.63) is 58.9 Å². The third-order valence-corrected chi connectivity index (χ3v) is 4.21. The van der Waals surface area contributed by atoms with Gasteiger partial charge in [-0.1, -0.05) is 23.7 Å². The second-order valence-corrected chi connectivity index (χ2v) is 6.11. The number of rotatable bonds is 6. The molecule has 1 heterocycles. The highest BCUT2D eigenvalue weighted by Gasteiger charge is 2.14.